The summed E-state index contributed by atoms with van der Waals surface area (Å²) in [5, 5.41) is 7.41. The van der Waals surface area contributed by atoms with Crippen LogP contribution in [0.4, 0.5) is 0 Å². The average molecular weight is 320 g/mol. The summed E-state index contributed by atoms with van der Waals surface area (Å²) in [6, 6.07) is 15.0. The van der Waals surface area contributed by atoms with Gasteiger partial charge in [0.05, 0.1) is 23.1 Å². The highest BCUT2D eigenvalue weighted by atomic mass is 16.1. The molecule has 0 radical (unpaired) electrons. The van der Waals surface area contributed by atoms with E-state index in [0.29, 0.717) is 5.56 Å². The van der Waals surface area contributed by atoms with Crippen molar-refractivity contribution in [2.75, 3.05) is 0 Å². The Balaban J connectivity index is 1.73. The van der Waals surface area contributed by atoms with E-state index in [0.717, 1.165) is 22.8 Å². The van der Waals surface area contributed by atoms with E-state index in [-0.39, 0.29) is 11.9 Å². The van der Waals surface area contributed by atoms with E-state index in [1.54, 1.807) is 6.20 Å². The van der Waals surface area contributed by atoms with Crippen LogP contribution in [0.1, 0.15) is 40.4 Å². The first-order valence-electron chi connectivity index (χ1n) is 7.90. The number of pyridine rings is 1. The van der Waals surface area contributed by atoms with Crippen LogP contribution in [0.3, 0.4) is 0 Å². The fourth-order valence-corrected chi connectivity index (χ4v) is 2.63. The zero-order valence-corrected chi connectivity index (χ0v) is 14.0. The second kappa shape index (κ2) is 6.66. The van der Waals surface area contributed by atoms with Gasteiger partial charge >= 0.3 is 0 Å². The Morgan fingerprint density at radius 1 is 1.12 bits per heavy atom. The Morgan fingerprint density at radius 2 is 1.88 bits per heavy atom. The van der Waals surface area contributed by atoms with Crippen LogP contribution < -0.4 is 5.32 Å². The van der Waals surface area contributed by atoms with Crippen LogP contribution in [0.2, 0.25) is 0 Å². The molecule has 1 amide bonds. The van der Waals surface area contributed by atoms with Crippen molar-refractivity contribution in [2.45, 2.75) is 26.8 Å². The van der Waals surface area contributed by atoms with E-state index in [4.69, 9.17) is 0 Å². The molecule has 0 aliphatic carbocycles. The number of amides is 1. The molecular weight excluding hydrogens is 300 g/mol. The highest BCUT2D eigenvalue weighted by molar-refractivity contribution is 5.94. The van der Waals surface area contributed by atoms with E-state index >= 15 is 0 Å². The lowest BCUT2D eigenvalue weighted by Crippen LogP contribution is -2.27. The molecule has 0 spiro atoms. The van der Waals surface area contributed by atoms with Crippen LogP contribution in [0.25, 0.3) is 5.69 Å². The zero-order valence-electron chi connectivity index (χ0n) is 14.0. The normalized spacial score (nSPS) is 12.0. The molecule has 24 heavy (non-hydrogen) atoms. The number of rotatable bonds is 4. The Hall–Kier alpha value is -2.95. The van der Waals surface area contributed by atoms with Crippen LogP contribution in [0.15, 0.2) is 54.7 Å². The maximum atomic E-state index is 12.4. The van der Waals surface area contributed by atoms with Crippen molar-refractivity contribution >= 4 is 5.91 Å². The van der Waals surface area contributed by atoms with Gasteiger partial charge in [0, 0.05) is 17.5 Å². The van der Waals surface area contributed by atoms with Gasteiger partial charge in [-0.1, -0.05) is 6.07 Å². The number of carbonyl (C=O) groups is 1. The highest BCUT2D eigenvalue weighted by Gasteiger charge is 2.12. The van der Waals surface area contributed by atoms with Crippen molar-refractivity contribution in [3.8, 4) is 5.69 Å². The number of nitrogens with one attached hydrogen (secondary N) is 1. The largest absolute Gasteiger partial charge is 0.344 e. The lowest BCUT2D eigenvalue weighted by atomic mass is 10.1. The third-order valence-corrected chi connectivity index (χ3v) is 3.86. The standard InChI is InChI=1S/C19H20N4O/c1-13-12-14(2)23(22-13)17-9-7-16(8-10-17)19(24)21-15(3)18-6-4-5-11-20-18/h4-12,15H,1-3H3,(H,21,24). The van der Waals surface area contributed by atoms with E-state index < -0.39 is 0 Å². The fourth-order valence-electron chi connectivity index (χ4n) is 2.63. The second-order valence-corrected chi connectivity index (χ2v) is 5.84. The fraction of sp³-hybridized carbons (Fsp3) is 0.211. The Morgan fingerprint density at radius 3 is 2.46 bits per heavy atom. The molecular formula is C19H20N4O. The number of hydrogen-bond acceptors (Lipinski definition) is 3. The van der Waals surface area contributed by atoms with Gasteiger partial charge in [0.15, 0.2) is 0 Å². The van der Waals surface area contributed by atoms with Crippen LogP contribution in [-0.2, 0) is 0 Å². The number of benzene rings is 1. The molecule has 1 atom stereocenters. The molecule has 0 fully saturated rings. The number of nitrogens with zero attached hydrogens (tertiary/aromatic N) is 3. The average Bonchev–Trinajstić information content (AvgIpc) is 2.94. The summed E-state index contributed by atoms with van der Waals surface area (Å²) in [6.07, 6.45) is 1.72. The minimum Gasteiger partial charge on any atom is -0.344 e. The summed E-state index contributed by atoms with van der Waals surface area (Å²) < 4.78 is 1.87. The summed E-state index contributed by atoms with van der Waals surface area (Å²) in [4.78, 5) is 16.7. The monoisotopic (exact) mass is 320 g/mol. The van der Waals surface area contributed by atoms with Crippen molar-refractivity contribution in [2.24, 2.45) is 0 Å². The first kappa shape index (κ1) is 15.9. The first-order chi connectivity index (χ1) is 11.5. The molecule has 0 aliphatic heterocycles. The summed E-state index contributed by atoms with van der Waals surface area (Å²) in [5.74, 6) is -0.118. The summed E-state index contributed by atoms with van der Waals surface area (Å²) in [5.41, 5.74) is 4.43. The van der Waals surface area contributed by atoms with Gasteiger partial charge in [-0.2, -0.15) is 5.10 Å². The van der Waals surface area contributed by atoms with Crippen LogP contribution in [-0.4, -0.2) is 20.7 Å². The van der Waals surface area contributed by atoms with E-state index in [1.807, 2.05) is 74.0 Å². The molecule has 122 valence electrons. The molecule has 2 aromatic heterocycles. The Labute approximate surface area is 141 Å². The highest BCUT2D eigenvalue weighted by Crippen LogP contribution is 2.14. The molecule has 1 aromatic carbocycles. The Kier molecular flexibility index (Phi) is 4.42. The van der Waals surface area contributed by atoms with Gasteiger partial charge in [-0.15, -0.1) is 0 Å². The summed E-state index contributed by atoms with van der Waals surface area (Å²) in [7, 11) is 0. The van der Waals surface area contributed by atoms with Gasteiger partial charge in [-0.3, -0.25) is 9.78 Å². The first-order valence-corrected chi connectivity index (χ1v) is 7.90. The van der Waals surface area contributed by atoms with Crippen molar-refractivity contribution < 1.29 is 4.79 Å². The molecule has 0 saturated carbocycles. The maximum Gasteiger partial charge on any atom is 0.251 e. The predicted octanol–water partition coefficient (Wildman–Crippen LogP) is 3.38. The van der Waals surface area contributed by atoms with Crippen molar-refractivity contribution in [3.05, 3.63) is 77.4 Å². The maximum absolute atomic E-state index is 12.4. The molecule has 0 aliphatic rings. The van der Waals surface area contributed by atoms with Crippen molar-refractivity contribution in [1.82, 2.24) is 20.1 Å². The second-order valence-electron chi connectivity index (χ2n) is 5.84. The van der Waals surface area contributed by atoms with Gasteiger partial charge in [0.1, 0.15) is 0 Å². The van der Waals surface area contributed by atoms with Crippen LogP contribution in [0, 0.1) is 13.8 Å². The van der Waals surface area contributed by atoms with E-state index in [9.17, 15) is 4.79 Å². The molecule has 3 rings (SSSR count). The summed E-state index contributed by atoms with van der Waals surface area (Å²) >= 11 is 0. The molecule has 2 heterocycles. The lowest BCUT2D eigenvalue weighted by Gasteiger charge is -2.13. The number of hydrogen-bond donors (Lipinski definition) is 1. The number of carbonyl (C=O) groups excluding carboxylic acids is 1. The molecule has 0 saturated heterocycles. The molecule has 1 N–H and O–H groups in total. The van der Waals surface area contributed by atoms with Crippen LogP contribution >= 0.6 is 0 Å². The predicted molar refractivity (Wildman–Crippen MR) is 93.2 cm³/mol. The SMILES string of the molecule is Cc1cc(C)n(-c2ccc(C(=O)NC(C)c3ccccn3)cc2)n1. The smallest absolute Gasteiger partial charge is 0.251 e. The molecule has 5 nitrogen and oxygen atoms in total. The van der Waals surface area contributed by atoms with Crippen molar-refractivity contribution in [1.29, 1.82) is 0 Å². The molecule has 1 unspecified atom stereocenters. The van der Waals surface area contributed by atoms with E-state index in [2.05, 4.69) is 15.4 Å². The minimum atomic E-state index is -0.144. The molecule has 3 aromatic rings. The molecule has 5 heteroatoms. The van der Waals surface area contributed by atoms with Gasteiger partial charge in [-0.05, 0) is 63.2 Å². The third-order valence-electron chi connectivity index (χ3n) is 3.86. The summed E-state index contributed by atoms with van der Waals surface area (Å²) in [6.45, 7) is 5.89. The van der Waals surface area contributed by atoms with Crippen molar-refractivity contribution in [3.63, 3.8) is 0 Å². The Bertz CT molecular complexity index is 838. The molecule has 0 bridgehead atoms. The van der Waals surface area contributed by atoms with E-state index in [1.165, 1.54) is 0 Å². The van der Waals surface area contributed by atoms with Gasteiger partial charge in [-0.25, -0.2) is 4.68 Å². The minimum absolute atomic E-state index is 0.118. The zero-order chi connectivity index (χ0) is 17.1. The lowest BCUT2D eigenvalue weighted by molar-refractivity contribution is 0.0939. The topological polar surface area (TPSA) is 59.8 Å². The number of aromatic nitrogens is 3. The quantitative estimate of drug-likeness (QED) is 0.802. The van der Waals surface area contributed by atoms with Crippen LogP contribution in [0.5, 0.6) is 0 Å². The van der Waals surface area contributed by atoms with Gasteiger partial charge in [0.25, 0.3) is 5.91 Å². The third kappa shape index (κ3) is 3.35. The number of aryl methyl sites for hydroxylation is 2. The van der Waals surface area contributed by atoms with Gasteiger partial charge in [0.2, 0.25) is 0 Å². The van der Waals surface area contributed by atoms with Gasteiger partial charge < -0.3 is 5.32 Å².